The molecule has 0 unspecified atom stereocenters. The third kappa shape index (κ3) is 4.86. The summed E-state index contributed by atoms with van der Waals surface area (Å²) in [6, 6.07) is 8.41. The van der Waals surface area contributed by atoms with Crippen molar-refractivity contribution in [1.29, 1.82) is 0 Å². The SMILES string of the molecule is Cc1cc(-c2ccncc2N2CCNCC2)ccc1CNC(=O)c1nc(C2(C)CC2)no1.Cl. The van der Waals surface area contributed by atoms with Crippen LogP contribution in [0.1, 0.15) is 47.4 Å². The summed E-state index contributed by atoms with van der Waals surface area (Å²) in [6.45, 7) is 8.45. The molecule has 1 aliphatic carbocycles. The van der Waals surface area contributed by atoms with Crippen LogP contribution in [-0.4, -0.2) is 47.2 Å². The number of rotatable bonds is 6. The number of piperazine rings is 1. The van der Waals surface area contributed by atoms with Crippen LogP contribution in [-0.2, 0) is 12.0 Å². The second-order valence-electron chi connectivity index (χ2n) is 8.94. The Balaban J connectivity index is 0.00000259. The average Bonchev–Trinajstić information content (AvgIpc) is 3.37. The van der Waals surface area contributed by atoms with Gasteiger partial charge in [-0.2, -0.15) is 4.98 Å². The zero-order valence-corrected chi connectivity index (χ0v) is 19.7. The highest BCUT2D eigenvalue weighted by atomic mass is 35.5. The Morgan fingerprint density at radius 2 is 2.03 bits per heavy atom. The lowest BCUT2D eigenvalue weighted by Crippen LogP contribution is -2.43. The second kappa shape index (κ2) is 9.49. The molecule has 1 aromatic carbocycles. The Bertz CT molecular complexity index is 1140. The molecule has 9 heteroatoms. The molecule has 2 fully saturated rings. The molecule has 0 bridgehead atoms. The maximum absolute atomic E-state index is 12.5. The van der Waals surface area contributed by atoms with Gasteiger partial charge in [-0.3, -0.25) is 9.78 Å². The van der Waals surface area contributed by atoms with E-state index in [1.54, 1.807) is 0 Å². The number of carbonyl (C=O) groups is 1. The summed E-state index contributed by atoms with van der Waals surface area (Å²) in [5, 5.41) is 10.3. The molecule has 1 saturated carbocycles. The molecular formula is C24H29ClN6O2. The van der Waals surface area contributed by atoms with Gasteiger partial charge in [-0.25, -0.2) is 0 Å². The predicted molar refractivity (Wildman–Crippen MR) is 129 cm³/mol. The number of halogens is 1. The fourth-order valence-corrected chi connectivity index (χ4v) is 4.07. The van der Waals surface area contributed by atoms with Gasteiger partial charge in [0.2, 0.25) is 0 Å². The quantitative estimate of drug-likeness (QED) is 0.573. The molecule has 3 heterocycles. The number of nitrogens with zero attached hydrogens (tertiary/aromatic N) is 4. The van der Waals surface area contributed by atoms with Crippen molar-refractivity contribution in [2.24, 2.45) is 0 Å². The Labute approximate surface area is 199 Å². The predicted octanol–water partition coefficient (Wildman–Crippen LogP) is 3.25. The molecule has 0 radical (unpaired) electrons. The minimum absolute atomic E-state index is 0. The Morgan fingerprint density at radius 1 is 1.24 bits per heavy atom. The number of aromatic nitrogens is 3. The lowest BCUT2D eigenvalue weighted by Gasteiger charge is -2.31. The number of nitrogens with one attached hydrogen (secondary N) is 2. The molecule has 3 aromatic rings. The maximum Gasteiger partial charge on any atom is 0.315 e. The van der Waals surface area contributed by atoms with Crippen molar-refractivity contribution < 1.29 is 9.32 Å². The maximum atomic E-state index is 12.5. The molecule has 1 saturated heterocycles. The van der Waals surface area contributed by atoms with Crippen LogP contribution in [0.2, 0.25) is 0 Å². The number of hydrogen-bond acceptors (Lipinski definition) is 7. The van der Waals surface area contributed by atoms with Gasteiger partial charge in [0, 0.05) is 49.9 Å². The molecule has 174 valence electrons. The van der Waals surface area contributed by atoms with E-state index in [2.05, 4.69) is 68.8 Å². The zero-order valence-electron chi connectivity index (χ0n) is 18.9. The van der Waals surface area contributed by atoms with Gasteiger partial charge in [0.05, 0.1) is 11.9 Å². The van der Waals surface area contributed by atoms with Crippen LogP contribution >= 0.6 is 12.4 Å². The van der Waals surface area contributed by atoms with Gasteiger partial charge in [-0.1, -0.05) is 30.3 Å². The Morgan fingerprint density at radius 3 is 2.76 bits per heavy atom. The van der Waals surface area contributed by atoms with E-state index < -0.39 is 0 Å². The van der Waals surface area contributed by atoms with Crippen LogP contribution in [0.25, 0.3) is 11.1 Å². The molecule has 2 aliphatic rings. The van der Waals surface area contributed by atoms with Gasteiger partial charge in [0.25, 0.3) is 0 Å². The van der Waals surface area contributed by atoms with E-state index in [0.29, 0.717) is 12.4 Å². The summed E-state index contributed by atoms with van der Waals surface area (Å²) >= 11 is 0. The van der Waals surface area contributed by atoms with Crippen LogP contribution < -0.4 is 15.5 Å². The molecule has 2 aromatic heterocycles. The molecule has 0 atom stereocenters. The van der Waals surface area contributed by atoms with Crippen molar-refractivity contribution in [1.82, 2.24) is 25.8 Å². The first-order valence-corrected chi connectivity index (χ1v) is 11.2. The van der Waals surface area contributed by atoms with Crippen LogP contribution in [0.4, 0.5) is 5.69 Å². The minimum atomic E-state index is -0.341. The van der Waals surface area contributed by atoms with E-state index in [0.717, 1.165) is 61.4 Å². The van der Waals surface area contributed by atoms with Gasteiger partial charge in [0.15, 0.2) is 5.82 Å². The fourth-order valence-electron chi connectivity index (χ4n) is 4.07. The highest BCUT2D eigenvalue weighted by Crippen LogP contribution is 2.45. The van der Waals surface area contributed by atoms with E-state index in [-0.39, 0.29) is 29.6 Å². The van der Waals surface area contributed by atoms with Gasteiger partial charge in [-0.05, 0) is 42.5 Å². The van der Waals surface area contributed by atoms with Crippen molar-refractivity contribution in [3.63, 3.8) is 0 Å². The average molecular weight is 469 g/mol. The lowest BCUT2D eigenvalue weighted by atomic mass is 9.99. The zero-order chi connectivity index (χ0) is 22.1. The van der Waals surface area contributed by atoms with Crippen LogP contribution in [0.3, 0.4) is 0 Å². The third-order valence-electron chi connectivity index (χ3n) is 6.51. The summed E-state index contributed by atoms with van der Waals surface area (Å²) in [5.41, 5.74) is 5.62. The molecule has 8 nitrogen and oxygen atoms in total. The molecule has 1 amide bonds. The summed E-state index contributed by atoms with van der Waals surface area (Å²) in [7, 11) is 0. The molecular weight excluding hydrogens is 440 g/mol. The normalized spacial score (nSPS) is 16.7. The second-order valence-corrected chi connectivity index (χ2v) is 8.94. The highest BCUT2D eigenvalue weighted by Gasteiger charge is 2.44. The van der Waals surface area contributed by atoms with E-state index in [1.165, 1.54) is 5.56 Å². The number of anilines is 1. The van der Waals surface area contributed by atoms with E-state index >= 15 is 0 Å². The molecule has 1 aliphatic heterocycles. The third-order valence-corrected chi connectivity index (χ3v) is 6.51. The first kappa shape index (κ1) is 23.2. The van der Waals surface area contributed by atoms with Crippen molar-refractivity contribution in [2.75, 3.05) is 31.1 Å². The van der Waals surface area contributed by atoms with E-state index in [4.69, 9.17) is 4.52 Å². The number of carbonyl (C=O) groups excluding carboxylic acids is 1. The monoisotopic (exact) mass is 468 g/mol. The molecule has 33 heavy (non-hydrogen) atoms. The van der Waals surface area contributed by atoms with Gasteiger partial charge in [0.1, 0.15) is 0 Å². The Kier molecular flexibility index (Phi) is 6.67. The number of hydrogen-bond donors (Lipinski definition) is 2. The van der Waals surface area contributed by atoms with Crippen LogP contribution in [0.15, 0.2) is 41.2 Å². The van der Waals surface area contributed by atoms with Crippen LogP contribution in [0.5, 0.6) is 0 Å². The highest BCUT2D eigenvalue weighted by molar-refractivity contribution is 5.89. The minimum Gasteiger partial charge on any atom is -0.367 e. The summed E-state index contributed by atoms with van der Waals surface area (Å²) < 4.78 is 5.17. The summed E-state index contributed by atoms with van der Waals surface area (Å²) in [6.07, 6.45) is 5.86. The first-order chi connectivity index (χ1) is 15.5. The Hall–Kier alpha value is -2.97. The van der Waals surface area contributed by atoms with Gasteiger partial charge >= 0.3 is 11.8 Å². The topological polar surface area (TPSA) is 96.2 Å². The van der Waals surface area contributed by atoms with Gasteiger partial charge in [-0.15, -0.1) is 12.4 Å². The first-order valence-electron chi connectivity index (χ1n) is 11.2. The lowest BCUT2D eigenvalue weighted by molar-refractivity contribution is 0.0907. The van der Waals surface area contributed by atoms with Crippen LogP contribution in [0, 0.1) is 6.92 Å². The van der Waals surface area contributed by atoms with Crippen molar-refractivity contribution in [2.45, 2.75) is 38.6 Å². The number of amides is 1. The van der Waals surface area contributed by atoms with Gasteiger partial charge < -0.3 is 20.1 Å². The fraction of sp³-hybridized carbons (Fsp3) is 0.417. The van der Waals surface area contributed by atoms with Crippen molar-refractivity contribution >= 4 is 24.0 Å². The summed E-state index contributed by atoms with van der Waals surface area (Å²) in [5.74, 6) is 0.312. The number of benzene rings is 1. The summed E-state index contributed by atoms with van der Waals surface area (Å²) in [4.78, 5) is 23.5. The van der Waals surface area contributed by atoms with Crippen molar-refractivity contribution in [3.05, 3.63) is 59.5 Å². The smallest absolute Gasteiger partial charge is 0.315 e. The van der Waals surface area contributed by atoms with E-state index in [1.807, 2.05) is 12.4 Å². The largest absolute Gasteiger partial charge is 0.367 e. The number of pyridine rings is 1. The molecule has 2 N–H and O–H groups in total. The van der Waals surface area contributed by atoms with E-state index in [9.17, 15) is 4.79 Å². The molecule has 0 spiro atoms. The number of aryl methyl sites for hydroxylation is 1. The standard InChI is InChI=1S/C24H28N6O2.ClH/c1-16-13-17(19-5-8-26-15-20(19)30-11-9-25-10-12-30)3-4-18(16)14-27-21(31)22-28-23(29-32-22)24(2)6-7-24;/h3-5,8,13,15,25H,6-7,9-12,14H2,1-2H3,(H,27,31);1H. The van der Waals surface area contributed by atoms with Crippen molar-refractivity contribution in [3.8, 4) is 11.1 Å². The molecule has 5 rings (SSSR count).